The van der Waals surface area contributed by atoms with Crippen LogP contribution in [0.1, 0.15) is 53.4 Å². The number of hydrogen-bond donors (Lipinski definition) is 4. The molecule has 2 bridgehead atoms. The topological polar surface area (TPSA) is 90.2 Å². The minimum Gasteiger partial charge on any atom is -0.392 e. The van der Waals surface area contributed by atoms with Crippen LogP contribution >= 0.6 is 0 Å². The molecular formula is C22H36O5. The van der Waals surface area contributed by atoms with Crippen LogP contribution in [0.3, 0.4) is 0 Å². The fourth-order valence-electron chi connectivity index (χ4n) is 7.39. The van der Waals surface area contributed by atoms with Crippen LogP contribution in [-0.4, -0.2) is 57.6 Å². The minimum absolute atomic E-state index is 0.0957. The van der Waals surface area contributed by atoms with Gasteiger partial charge in [0.2, 0.25) is 0 Å². The third-order valence-corrected chi connectivity index (χ3v) is 9.05. The Morgan fingerprint density at radius 3 is 2.48 bits per heavy atom. The SMILES string of the molecule is CCOCC1=C[C@@]23C[C@@H](O)[C@@]4(O)[C@@H](C[C@H](O)C4(C)C)[C@@H](C)[C@@H]2CC[C@@H]1[C@H]3O. The van der Waals surface area contributed by atoms with E-state index in [0.717, 1.165) is 18.4 Å². The van der Waals surface area contributed by atoms with Gasteiger partial charge in [0.15, 0.2) is 0 Å². The highest BCUT2D eigenvalue weighted by Crippen LogP contribution is 2.66. The Kier molecular flexibility index (Phi) is 4.60. The molecule has 27 heavy (non-hydrogen) atoms. The first-order valence-corrected chi connectivity index (χ1v) is 10.7. The van der Waals surface area contributed by atoms with Crippen LogP contribution < -0.4 is 0 Å². The molecule has 3 saturated carbocycles. The van der Waals surface area contributed by atoms with E-state index >= 15 is 0 Å². The summed E-state index contributed by atoms with van der Waals surface area (Å²) < 4.78 is 5.65. The summed E-state index contributed by atoms with van der Waals surface area (Å²) in [5, 5.41) is 45.0. The summed E-state index contributed by atoms with van der Waals surface area (Å²) in [6.07, 6.45) is 2.81. The van der Waals surface area contributed by atoms with E-state index in [1.807, 2.05) is 20.8 Å². The second kappa shape index (κ2) is 6.27. The van der Waals surface area contributed by atoms with Crippen LogP contribution in [0.4, 0.5) is 0 Å². The fraction of sp³-hybridized carbons (Fsp3) is 0.909. The molecule has 0 unspecified atom stereocenters. The van der Waals surface area contributed by atoms with Gasteiger partial charge in [-0.2, -0.15) is 0 Å². The zero-order valence-electron chi connectivity index (χ0n) is 17.1. The molecule has 3 fully saturated rings. The summed E-state index contributed by atoms with van der Waals surface area (Å²) >= 11 is 0. The van der Waals surface area contributed by atoms with E-state index in [0.29, 0.717) is 26.1 Å². The molecule has 5 heteroatoms. The van der Waals surface area contributed by atoms with Gasteiger partial charge in [0.05, 0.1) is 24.9 Å². The molecule has 0 saturated heterocycles. The van der Waals surface area contributed by atoms with E-state index in [1.165, 1.54) is 0 Å². The van der Waals surface area contributed by atoms with Gasteiger partial charge in [-0.1, -0.05) is 26.8 Å². The van der Waals surface area contributed by atoms with Crippen molar-refractivity contribution in [3.63, 3.8) is 0 Å². The van der Waals surface area contributed by atoms with Gasteiger partial charge in [0.25, 0.3) is 0 Å². The first kappa shape index (κ1) is 19.8. The first-order valence-electron chi connectivity index (χ1n) is 10.7. The van der Waals surface area contributed by atoms with Gasteiger partial charge >= 0.3 is 0 Å². The normalized spacial score (nSPS) is 53.5. The highest BCUT2D eigenvalue weighted by atomic mass is 16.5. The third kappa shape index (κ3) is 2.35. The quantitative estimate of drug-likeness (QED) is 0.561. The van der Waals surface area contributed by atoms with Gasteiger partial charge in [0, 0.05) is 23.4 Å². The van der Waals surface area contributed by atoms with Crippen molar-refractivity contribution in [3.05, 3.63) is 11.6 Å². The van der Waals surface area contributed by atoms with Crippen LogP contribution in [0.2, 0.25) is 0 Å². The van der Waals surface area contributed by atoms with Gasteiger partial charge in [-0.05, 0) is 55.9 Å². The summed E-state index contributed by atoms with van der Waals surface area (Å²) in [4.78, 5) is 0. The Bertz CT molecular complexity index is 630. The van der Waals surface area contributed by atoms with E-state index < -0.39 is 34.7 Å². The van der Waals surface area contributed by atoms with Crippen LogP contribution in [0.5, 0.6) is 0 Å². The lowest BCUT2D eigenvalue weighted by molar-refractivity contribution is -0.177. The molecule has 0 heterocycles. The smallest absolute Gasteiger partial charge is 0.101 e. The van der Waals surface area contributed by atoms with Crippen LogP contribution in [-0.2, 0) is 4.74 Å². The fourth-order valence-corrected chi connectivity index (χ4v) is 7.39. The number of aliphatic hydroxyl groups excluding tert-OH is 3. The van der Waals surface area contributed by atoms with Crippen LogP contribution in [0.15, 0.2) is 11.6 Å². The van der Waals surface area contributed by atoms with Gasteiger partial charge in [-0.3, -0.25) is 0 Å². The molecule has 4 rings (SSSR count). The molecule has 4 aliphatic rings. The first-order chi connectivity index (χ1) is 12.6. The molecule has 1 spiro atoms. The van der Waals surface area contributed by atoms with Gasteiger partial charge < -0.3 is 25.2 Å². The van der Waals surface area contributed by atoms with Crippen molar-refractivity contribution < 1.29 is 25.2 Å². The predicted octanol–water partition coefficient (Wildman–Crippen LogP) is 1.88. The molecule has 5 nitrogen and oxygen atoms in total. The Morgan fingerprint density at radius 2 is 1.81 bits per heavy atom. The number of hydrogen-bond acceptors (Lipinski definition) is 5. The standard InChI is InChI=1S/C22H36O5/c1-5-27-11-13-9-21-10-18(24)22(26)16(8-17(23)20(22,3)4)12(2)15(21)7-6-14(13)19(21)25/h9,12,14-19,23-26H,5-8,10-11H2,1-4H3/t12-,14-,15-,16-,17-,18+,19+,21+,22-/m0/s1. The molecule has 0 aliphatic heterocycles. The molecule has 0 aromatic carbocycles. The average molecular weight is 381 g/mol. The molecule has 4 N–H and O–H groups in total. The molecule has 0 radical (unpaired) electrons. The largest absolute Gasteiger partial charge is 0.392 e. The van der Waals surface area contributed by atoms with E-state index in [2.05, 4.69) is 13.0 Å². The molecule has 0 aromatic rings. The molecule has 0 aromatic heterocycles. The van der Waals surface area contributed by atoms with E-state index in [4.69, 9.17) is 4.74 Å². The highest BCUT2D eigenvalue weighted by Gasteiger charge is 2.70. The lowest BCUT2D eigenvalue weighted by Crippen LogP contribution is -2.57. The molecule has 9 atom stereocenters. The lowest BCUT2D eigenvalue weighted by Gasteiger charge is -2.47. The van der Waals surface area contributed by atoms with Crippen molar-refractivity contribution in [1.82, 2.24) is 0 Å². The van der Waals surface area contributed by atoms with Crippen molar-refractivity contribution in [2.45, 2.75) is 77.3 Å². The number of ether oxygens (including phenoxy) is 1. The Hall–Kier alpha value is -0.460. The maximum absolute atomic E-state index is 11.8. The van der Waals surface area contributed by atoms with Gasteiger partial charge in [0.1, 0.15) is 5.60 Å². The third-order valence-electron chi connectivity index (χ3n) is 9.05. The Morgan fingerprint density at radius 1 is 1.11 bits per heavy atom. The minimum atomic E-state index is -1.34. The molecule has 4 aliphatic carbocycles. The summed E-state index contributed by atoms with van der Waals surface area (Å²) in [6, 6.07) is 0. The van der Waals surface area contributed by atoms with Crippen molar-refractivity contribution >= 4 is 0 Å². The van der Waals surface area contributed by atoms with Crippen LogP contribution in [0, 0.1) is 34.5 Å². The summed E-state index contributed by atoms with van der Waals surface area (Å²) in [7, 11) is 0. The second-order valence-corrected chi connectivity index (χ2v) is 10.2. The number of fused-ring (bicyclic) bond motifs is 2. The van der Waals surface area contributed by atoms with Crippen molar-refractivity contribution in [3.8, 4) is 0 Å². The van der Waals surface area contributed by atoms with Gasteiger partial charge in [-0.15, -0.1) is 0 Å². The van der Waals surface area contributed by atoms with Gasteiger partial charge in [-0.25, -0.2) is 0 Å². The molecular weight excluding hydrogens is 344 g/mol. The second-order valence-electron chi connectivity index (χ2n) is 10.2. The average Bonchev–Trinajstić information content (AvgIpc) is 2.86. The van der Waals surface area contributed by atoms with Crippen molar-refractivity contribution in [2.24, 2.45) is 34.5 Å². The monoisotopic (exact) mass is 380 g/mol. The maximum atomic E-state index is 11.8. The van der Waals surface area contributed by atoms with E-state index in [9.17, 15) is 20.4 Å². The predicted molar refractivity (Wildman–Crippen MR) is 102 cm³/mol. The lowest BCUT2D eigenvalue weighted by atomic mass is 9.59. The van der Waals surface area contributed by atoms with E-state index in [1.54, 1.807) is 0 Å². The molecule has 0 amide bonds. The zero-order valence-corrected chi connectivity index (χ0v) is 17.1. The zero-order chi connectivity index (χ0) is 19.8. The van der Waals surface area contributed by atoms with Crippen molar-refractivity contribution in [2.75, 3.05) is 13.2 Å². The van der Waals surface area contributed by atoms with Crippen LogP contribution in [0.25, 0.3) is 0 Å². The Balaban J connectivity index is 1.78. The van der Waals surface area contributed by atoms with Crippen molar-refractivity contribution in [1.29, 1.82) is 0 Å². The Labute approximate surface area is 162 Å². The summed E-state index contributed by atoms with van der Waals surface area (Å²) in [5.74, 6) is 0.230. The molecule has 154 valence electrons. The number of rotatable bonds is 3. The summed E-state index contributed by atoms with van der Waals surface area (Å²) in [5.41, 5.74) is -1.47. The highest BCUT2D eigenvalue weighted by molar-refractivity contribution is 5.32. The summed E-state index contributed by atoms with van der Waals surface area (Å²) in [6.45, 7) is 9.03. The van der Waals surface area contributed by atoms with E-state index in [-0.39, 0.29) is 23.7 Å². The number of aliphatic hydroxyl groups is 4. The maximum Gasteiger partial charge on any atom is 0.101 e.